The number of aliphatic hydroxyl groups is 1. The van der Waals surface area contributed by atoms with Crippen LogP contribution in [0.15, 0.2) is 97.1 Å². The Bertz CT molecular complexity index is 1810. The molecule has 4 heterocycles. The van der Waals surface area contributed by atoms with Gasteiger partial charge in [0.25, 0.3) is 5.91 Å². The Morgan fingerprint density at radius 3 is 2.31 bits per heavy atom. The zero-order valence-electron chi connectivity index (χ0n) is 27.8. The van der Waals surface area contributed by atoms with Gasteiger partial charge >= 0.3 is 0 Å². The molecule has 4 aliphatic rings. The van der Waals surface area contributed by atoms with Crippen LogP contribution in [0, 0.1) is 18.8 Å². The molecular formula is C39H40ClN3O6. The summed E-state index contributed by atoms with van der Waals surface area (Å²) in [5.41, 5.74) is 0.212. The normalized spacial score (nSPS) is 28.2. The van der Waals surface area contributed by atoms with E-state index < -0.39 is 47.6 Å². The van der Waals surface area contributed by atoms with Crippen molar-refractivity contribution in [1.82, 2.24) is 4.90 Å². The summed E-state index contributed by atoms with van der Waals surface area (Å²) in [6.07, 6.45) is 7.69. The summed E-state index contributed by atoms with van der Waals surface area (Å²) < 4.78 is 12.6. The summed E-state index contributed by atoms with van der Waals surface area (Å²) in [5.74, 6) is -2.38. The average molecular weight is 682 g/mol. The summed E-state index contributed by atoms with van der Waals surface area (Å²) in [6.45, 7) is 6.21. The molecule has 0 saturated carbocycles. The molecule has 4 aliphatic heterocycles. The number of para-hydroxylation sites is 1. The first-order chi connectivity index (χ1) is 23.6. The lowest BCUT2D eigenvalue weighted by molar-refractivity contribution is -0.148. The zero-order chi connectivity index (χ0) is 34.5. The molecule has 2 fully saturated rings. The Hall–Kier alpha value is -4.44. The highest BCUT2D eigenvalue weighted by Crippen LogP contribution is 2.58. The molecule has 0 radical (unpaired) electrons. The molecule has 49 heavy (non-hydrogen) atoms. The third-order valence-electron chi connectivity index (χ3n) is 10.3. The summed E-state index contributed by atoms with van der Waals surface area (Å²) in [5, 5.41) is 11.3. The number of likely N-dealkylation sites (tertiary alicyclic amines) is 1. The lowest BCUT2D eigenvalue weighted by Crippen LogP contribution is -2.59. The number of halogens is 1. The fourth-order valence-corrected chi connectivity index (χ4v) is 8.60. The summed E-state index contributed by atoms with van der Waals surface area (Å²) in [7, 11) is 0. The van der Waals surface area contributed by atoms with Crippen LogP contribution < -0.4 is 14.5 Å². The molecule has 1 spiro atoms. The van der Waals surface area contributed by atoms with Gasteiger partial charge in [0, 0.05) is 18.8 Å². The van der Waals surface area contributed by atoms with Gasteiger partial charge in [0.15, 0.2) is 0 Å². The van der Waals surface area contributed by atoms with Gasteiger partial charge in [-0.2, -0.15) is 0 Å². The Morgan fingerprint density at radius 2 is 1.61 bits per heavy atom. The van der Waals surface area contributed by atoms with Gasteiger partial charge < -0.3 is 29.3 Å². The molecule has 0 aromatic heterocycles. The zero-order valence-corrected chi connectivity index (χ0v) is 28.5. The molecule has 0 aliphatic carbocycles. The molecule has 10 heteroatoms. The highest BCUT2D eigenvalue weighted by Gasteiger charge is 2.75. The molecule has 254 valence electrons. The van der Waals surface area contributed by atoms with Crippen LogP contribution in [-0.2, 0) is 25.5 Å². The minimum absolute atomic E-state index is 0.186. The van der Waals surface area contributed by atoms with Crippen LogP contribution in [-0.4, -0.2) is 77.3 Å². The Morgan fingerprint density at radius 1 is 0.898 bits per heavy atom. The van der Waals surface area contributed by atoms with Crippen molar-refractivity contribution in [3.05, 3.63) is 113 Å². The van der Waals surface area contributed by atoms with Crippen molar-refractivity contribution in [3.63, 3.8) is 0 Å². The van der Waals surface area contributed by atoms with Crippen LogP contribution in [0.25, 0.3) is 0 Å². The Kier molecular flexibility index (Phi) is 8.63. The standard InChI is InChI=1S/C39H40ClN3O6/c1-4-48-29-17-15-27(16-18-29)41-21-9-19-38(3)31(35(41)45)32-36(46)43(28(24-44)23-26-12-6-5-7-13-26)34-37(47)42(22-10-20-39(32,34)49-38)33-25(2)11-8-14-30(33)40/h5-20,28,31-32,34,44H,4,21-24H2,1-3H3/t28-,31+,32+,34?,38-,39+/m1/s1. The Labute approximate surface area is 291 Å². The third kappa shape index (κ3) is 5.35. The summed E-state index contributed by atoms with van der Waals surface area (Å²) in [4.78, 5) is 49.7. The highest BCUT2D eigenvalue weighted by atomic mass is 35.5. The number of aryl methyl sites for hydroxylation is 1. The number of ether oxygens (including phenoxy) is 2. The first kappa shape index (κ1) is 33.1. The fourth-order valence-electron chi connectivity index (χ4n) is 8.28. The molecule has 9 nitrogen and oxygen atoms in total. The lowest BCUT2D eigenvalue weighted by atomic mass is 9.74. The topological polar surface area (TPSA) is 99.6 Å². The minimum atomic E-state index is -1.50. The predicted octanol–water partition coefficient (Wildman–Crippen LogP) is 5.13. The van der Waals surface area contributed by atoms with E-state index in [1.165, 1.54) is 4.90 Å². The fraction of sp³-hybridized carbons (Fsp3) is 0.359. The van der Waals surface area contributed by atoms with Gasteiger partial charge in [0.05, 0.1) is 47.4 Å². The second-order valence-electron chi connectivity index (χ2n) is 13.3. The number of nitrogens with zero attached hydrogens (tertiary/aromatic N) is 3. The van der Waals surface area contributed by atoms with Crippen LogP contribution in [0.5, 0.6) is 5.75 Å². The van der Waals surface area contributed by atoms with E-state index >= 15 is 9.59 Å². The highest BCUT2D eigenvalue weighted by molar-refractivity contribution is 6.34. The lowest BCUT2D eigenvalue weighted by Gasteiger charge is -2.40. The molecule has 3 aromatic rings. The quantitative estimate of drug-likeness (QED) is 0.331. The molecule has 6 atom stereocenters. The number of anilines is 2. The van der Waals surface area contributed by atoms with E-state index in [1.807, 2.05) is 112 Å². The maximum Gasteiger partial charge on any atom is 0.253 e. The van der Waals surface area contributed by atoms with Crippen molar-refractivity contribution >= 4 is 40.7 Å². The van der Waals surface area contributed by atoms with Gasteiger partial charge in [-0.05, 0) is 68.7 Å². The first-order valence-electron chi connectivity index (χ1n) is 16.8. The van der Waals surface area contributed by atoms with Gasteiger partial charge in [0.2, 0.25) is 11.8 Å². The first-order valence-corrected chi connectivity index (χ1v) is 17.1. The number of hydrogen-bond donors (Lipinski definition) is 1. The number of amides is 3. The molecule has 7 rings (SSSR count). The maximum atomic E-state index is 15.1. The van der Waals surface area contributed by atoms with E-state index in [2.05, 4.69) is 0 Å². The second-order valence-corrected chi connectivity index (χ2v) is 13.7. The van der Waals surface area contributed by atoms with Crippen LogP contribution in [0.1, 0.15) is 25.0 Å². The van der Waals surface area contributed by atoms with Gasteiger partial charge in [-0.1, -0.05) is 78.4 Å². The van der Waals surface area contributed by atoms with Gasteiger partial charge in [-0.25, -0.2) is 0 Å². The van der Waals surface area contributed by atoms with Crippen molar-refractivity contribution in [3.8, 4) is 5.75 Å². The van der Waals surface area contributed by atoms with E-state index in [1.54, 1.807) is 15.9 Å². The Balaban J connectivity index is 1.36. The molecular weight excluding hydrogens is 642 g/mol. The molecule has 3 amide bonds. The molecule has 0 bridgehead atoms. The third-order valence-corrected chi connectivity index (χ3v) is 10.6. The number of hydrogen-bond acceptors (Lipinski definition) is 6. The largest absolute Gasteiger partial charge is 0.494 e. The van der Waals surface area contributed by atoms with Gasteiger partial charge in [-0.15, -0.1) is 0 Å². The van der Waals surface area contributed by atoms with Gasteiger partial charge in [-0.3, -0.25) is 14.4 Å². The van der Waals surface area contributed by atoms with Crippen molar-refractivity contribution in [2.75, 3.05) is 36.1 Å². The van der Waals surface area contributed by atoms with Gasteiger partial charge in [0.1, 0.15) is 17.4 Å². The average Bonchev–Trinajstić information content (AvgIpc) is 3.37. The van der Waals surface area contributed by atoms with Crippen LogP contribution in [0.3, 0.4) is 0 Å². The smallest absolute Gasteiger partial charge is 0.253 e. The van der Waals surface area contributed by atoms with Crippen LogP contribution in [0.2, 0.25) is 5.02 Å². The number of carbonyl (C=O) groups excluding carboxylic acids is 3. The van der Waals surface area contributed by atoms with E-state index in [0.717, 1.165) is 11.1 Å². The monoisotopic (exact) mass is 681 g/mol. The number of fused-ring (bicyclic) bond motifs is 2. The number of carbonyl (C=O) groups is 3. The van der Waals surface area contributed by atoms with E-state index in [9.17, 15) is 9.90 Å². The van der Waals surface area contributed by atoms with E-state index in [0.29, 0.717) is 35.2 Å². The van der Waals surface area contributed by atoms with Crippen molar-refractivity contribution in [2.45, 2.75) is 50.5 Å². The molecule has 2 saturated heterocycles. The van der Waals surface area contributed by atoms with Crippen molar-refractivity contribution in [2.24, 2.45) is 11.8 Å². The predicted molar refractivity (Wildman–Crippen MR) is 188 cm³/mol. The number of benzene rings is 3. The van der Waals surface area contributed by atoms with E-state index in [4.69, 9.17) is 21.1 Å². The second kappa shape index (κ2) is 12.8. The summed E-state index contributed by atoms with van der Waals surface area (Å²) in [6, 6.07) is 20.3. The number of rotatable bonds is 8. The maximum absolute atomic E-state index is 15.1. The van der Waals surface area contributed by atoms with Crippen molar-refractivity contribution < 1.29 is 29.0 Å². The summed E-state index contributed by atoms with van der Waals surface area (Å²) >= 11 is 6.72. The van der Waals surface area contributed by atoms with Crippen molar-refractivity contribution in [1.29, 1.82) is 0 Å². The molecule has 1 unspecified atom stereocenters. The molecule has 3 aromatic carbocycles. The SMILES string of the molecule is CCOc1ccc(N2CC=C[C@@]3(C)O[C@]45C=CCN(c6c(C)cccc6Cl)C(=O)C4N([C@@H](CO)Cc4ccccc4)C(=O)[C@@H]5[C@H]3C2=O)cc1. The van der Waals surface area contributed by atoms with Crippen LogP contribution >= 0.6 is 11.6 Å². The minimum Gasteiger partial charge on any atom is -0.494 e. The number of aliphatic hydroxyl groups excluding tert-OH is 1. The van der Waals surface area contributed by atoms with Crippen LogP contribution in [0.4, 0.5) is 11.4 Å². The van der Waals surface area contributed by atoms with E-state index in [-0.39, 0.29) is 24.9 Å². The molecule has 1 N–H and O–H groups in total.